The molecule has 5 nitrogen and oxygen atoms in total. The van der Waals surface area contributed by atoms with E-state index in [1.165, 1.54) is 0 Å². The Labute approximate surface area is 111 Å². The smallest absolute Gasteiger partial charge is 0.222 e. The van der Waals surface area contributed by atoms with Crippen LogP contribution >= 0.6 is 0 Å². The Kier molecular flexibility index (Phi) is 3.03. The number of nitrogens with zero attached hydrogens (tertiary/aromatic N) is 2. The molecule has 5 heteroatoms. The molecule has 0 bridgehead atoms. The fraction of sp³-hybridized carbons (Fsp3) is 0.357. The summed E-state index contributed by atoms with van der Waals surface area (Å²) in [5, 5.41) is 4.27. The van der Waals surface area contributed by atoms with Crippen molar-refractivity contribution in [2.24, 2.45) is 11.0 Å². The number of H-pyrrole nitrogens is 1. The first kappa shape index (κ1) is 11.9. The molecule has 1 aromatic heterocycles. The van der Waals surface area contributed by atoms with Crippen LogP contribution in [0.4, 0.5) is 5.95 Å². The van der Waals surface area contributed by atoms with E-state index in [1.54, 1.807) is 0 Å². The molecule has 98 valence electrons. The molecule has 3 rings (SSSR count). The zero-order valence-electron chi connectivity index (χ0n) is 10.8. The van der Waals surface area contributed by atoms with Crippen molar-refractivity contribution >= 4 is 28.5 Å². The average Bonchev–Trinajstić information content (AvgIpc) is 3.01. The van der Waals surface area contributed by atoms with Gasteiger partial charge >= 0.3 is 0 Å². The van der Waals surface area contributed by atoms with Gasteiger partial charge in [0, 0.05) is 12.1 Å². The van der Waals surface area contributed by atoms with E-state index < -0.39 is 0 Å². The number of imidazole rings is 1. The maximum Gasteiger partial charge on any atom is 0.222 e. The number of fused-ring (bicyclic) bond motifs is 1. The number of aromatic nitrogens is 2. The maximum absolute atomic E-state index is 11.6. The Hall–Kier alpha value is -2.17. The van der Waals surface area contributed by atoms with E-state index >= 15 is 0 Å². The molecule has 1 fully saturated rings. The second-order valence-electron chi connectivity index (χ2n) is 4.88. The zero-order valence-corrected chi connectivity index (χ0v) is 10.8. The lowest BCUT2D eigenvalue weighted by Gasteiger charge is -2.06. The highest BCUT2D eigenvalue weighted by atomic mass is 16.1. The first-order chi connectivity index (χ1) is 9.24. The summed E-state index contributed by atoms with van der Waals surface area (Å²) in [6, 6.07) is 7.80. The number of benzene rings is 1. The van der Waals surface area contributed by atoms with Crippen molar-refractivity contribution in [1.29, 1.82) is 0 Å². The topological polar surface area (TPSA) is 70.1 Å². The summed E-state index contributed by atoms with van der Waals surface area (Å²) in [5.41, 5.74) is 5.60. The van der Waals surface area contributed by atoms with E-state index in [2.05, 4.69) is 20.5 Å². The zero-order chi connectivity index (χ0) is 13.2. The maximum atomic E-state index is 11.6. The van der Waals surface area contributed by atoms with Crippen molar-refractivity contribution < 1.29 is 4.79 Å². The molecule has 1 heterocycles. The van der Waals surface area contributed by atoms with Gasteiger partial charge in [-0.3, -0.25) is 4.79 Å². The Morgan fingerprint density at radius 2 is 2.32 bits per heavy atom. The number of nitrogens with one attached hydrogen (secondary N) is 2. The summed E-state index contributed by atoms with van der Waals surface area (Å²) < 4.78 is 0. The van der Waals surface area contributed by atoms with Gasteiger partial charge in [-0.2, -0.15) is 5.10 Å². The fourth-order valence-electron chi connectivity index (χ4n) is 2.48. The summed E-state index contributed by atoms with van der Waals surface area (Å²) in [6.07, 6.45) is 2.57. The van der Waals surface area contributed by atoms with Crippen molar-refractivity contribution in [3.8, 4) is 0 Å². The Balaban J connectivity index is 1.76. The lowest BCUT2D eigenvalue weighted by Crippen LogP contribution is -2.17. The minimum atomic E-state index is -0.0168. The monoisotopic (exact) mass is 256 g/mol. The van der Waals surface area contributed by atoms with E-state index in [-0.39, 0.29) is 5.92 Å². The second kappa shape index (κ2) is 4.84. The molecule has 0 aliphatic heterocycles. The Morgan fingerprint density at radius 3 is 3.05 bits per heavy atom. The molecule has 1 saturated carbocycles. The van der Waals surface area contributed by atoms with Crippen molar-refractivity contribution in [3.63, 3.8) is 0 Å². The van der Waals surface area contributed by atoms with Crippen LogP contribution in [0.3, 0.4) is 0 Å². The van der Waals surface area contributed by atoms with Gasteiger partial charge in [-0.05, 0) is 31.9 Å². The molecule has 0 radical (unpaired) electrons. The Bertz CT molecular complexity index is 611. The molecular weight excluding hydrogens is 240 g/mol. The molecule has 2 aromatic rings. The normalized spacial score (nSPS) is 20.2. The highest BCUT2D eigenvalue weighted by molar-refractivity contribution is 6.05. The third-order valence-corrected chi connectivity index (χ3v) is 3.54. The van der Waals surface area contributed by atoms with Crippen LogP contribution in [0.2, 0.25) is 0 Å². The highest BCUT2D eigenvalue weighted by Gasteiger charge is 2.26. The summed E-state index contributed by atoms with van der Waals surface area (Å²) in [5.74, 6) is 0.885. The first-order valence-electron chi connectivity index (χ1n) is 6.52. The van der Waals surface area contributed by atoms with Gasteiger partial charge in [0.05, 0.1) is 17.0 Å². The SMILES string of the molecule is CC(=NNc1nc2ccccc2[nH]1)C1CCCC1=O. The van der Waals surface area contributed by atoms with Gasteiger partial charge in [-0.1, -0.05) is 12.1 Å². The molecule has 1 unspecified atom stereocenters. The van der Waals surface area contributed by atoms with Crippen LogP contribution in [0, 0.1) is 5.92 Å². The van der Waals surface area contributed by atoms with Crippen LogP contribution in [0.1, 0.15) is 26.2 Å². The summed E-state index contributed by atoms with van der Waals surface area (Å²) in [6.45, 7) is 1.89. The number of carbonyl (C=O) groups is 1. The molecular formula is C14H16N4O. The summed E-state index contributed by atoms with van der Waals surface area (Å²) >= 11 is 0. The molecule has 1 aliphatic carbocycles. The number of ketones is 1. The van der Waals surface area contributed by atoms with Crippen LogP contribution in [0.25, 0.3) is 11.0 Å². The minimum Gasteiger partial charge on any atom is -0.323 e. The number of Topliss-reactive ketones (excluding diaryl/α,β-unsaturated/α-hetero) is 1. The molecule has 1 atom stereocenters. The number of aromatic amines is 1. The van der Waals surface area contributed by atoms with Gasteiger partial charge < -0.3 is 4.98 Å². The van der Waals surface area contributed by atoms with Crippen molar-refractivity contribution in [3.05, 3.63) is 24.3 Å². The van der Waals surface area contributed by atoms with Gasteiger partial charge in [0.25, 0.3) is 0 Å². The molecule has 0 amide bonds. The molecule has 1 aromatic carbocycles. The van der Waals surface area contributed by atoms with Crippen LogP contribution in [0.15, 0.2) is 29.4 Å². The predicted octanol–water partition coefficient (Wildman–Crippen LogP) is 2.72. The van der Waals surface area contributed by atoms with Crippen molar-refractivity contribution in [2.45, 2.75) is 26.2 Å². The molecule has 0 spiro atoms. The largest absolute Gasteiger partial charge is 0.323 e. The standard InChI is InChI=1S/C14H16N4O/c1-9(10-5-4-8-13(10)19)17-18-14-15-11-6-2-3-7-12(11)16-14/h2-3,6-7,10H,4-5,8H2,1H3,(H2,15,16,18). The van der Waals surface area contributed by atoms with Crippen molar-refractivity contribution in [2.75, 3.05) is 5.43 Å². The first-order valence-corrected chi connectivity index (χ1v) is 6.52. The molecule has 2 N–H and O–H groups in total. The molecule has 19 heavy (non-hydrogen) atoms. The van der Waals surface area contributed by atoms with Gasteiger partial charge in [0.1, 0.15) is 5.78 Å². The number of hydrogen-bond donors (Lipinski definition) is 2. The van der Waals surface area contributed by atoms with E-state index in [0.717, 1.165) is 29.6 Å². The second-order valence-corrected chi connectivity index (χ2v) is 4.88. The van der Waals surface area contributed by atoms with Crippen LogP contribution < -0.4 is 5.43 Å². The number of para-hydroxylation sites is 2. The lowest BCUT2D eigenvalue weighted by molar-refractivity contribution is -0.118. The van der Waals surface area contributed by atoms with Gasteiger partial charge in [0.2, 0.25) is 5.95 Å². The minimum absolute atomic E-state index is 0.0168. The van der Waals surface area contributed by atoms with Crippen LogP contribution in [0.5, 0.6) is 0 Å². The van der Waals surface area contributed by atoms with E-state index in [0.29, 0.717) is 18.2 Å². The lowest BCUT2D eigenvalue weighted by atomic mass is 10.0. The van der Waals surface area contributed by atoms with Gasteiger partial charge in [-0.15, -0.1) is 0 Å². The third-order valence-electron chi connectivity index (χ3n) is 3.54. The summed E-state index contributed by atoms with van der Waals surface area (Å²) in [4.78, 5) is 19.1. The molecule has 0 saturated heterocycles. The molecule has 1 aliphatic rings. The summed E-state index contributed by atoms with van der Waals surface area (Å²) in [7, 11) is 0. The number of anilines is 1. The number of carbonyl (C=O) groups excluding carboxylic acids is 1. The van der Waals surface area contributed by atoms with Crippen LogP contribution in [-0.2, 0) is 4.79 Å². The van der Waals surface area contributed by atoms with Gasteiger partial charge in [0.15, 0.2) is 0 Å². The average molecular weight is 256 g/mol. The van der Waals surface area contributed by atoms with E-state index in [1.807, 2.05) is 31.2 Å². The van der Waals surface area contributed by atoms with Crippen molar-refractivity contribution in [1.82, 2.24) is 9.97 Å². The number of hydrogen-bond acceptors (Lipinski definition) is 4. The van der Waals surface area contributed by atoms with E-state index in [4.69, 9.17) is 0 Å². The van der Waals surface area contributed by atoms with Gasteiger partial charge in [-0.25, -0.2) is 10.4 Å². The highest BCUT2D eigenvalue weighted by Crippen LogP contribution is 2.22. The number of hydrazone groups is 1. The van der Waals surface area contributed by atoms with E-state index in [9.17, 15) is 4.79 Å². The quantitative estimate of drug-likeness (QED) is 0.655. The number of rotatable bonds is 3. The third kappa shape index (κ3) is 2.36. The Morgan fingerprint density at radius 1 is 1.47 bits per heavy atom. The predicted molar refractivity (Wildman–Crippen MR) is 75.2 cm³/mol. The fourth-order valence-corrected chi connectivity index (χ4v) is 2.48. The van der Waals surface area contributed by atoms with Crippen LogP contribution in [-0.4, -0.2) is 21.5 Å².